The molecule has 0 amide bonds. The molecule has 0 fully saturated rings. The van der Waals surface area contributed by atoms with E-state index in [2.05, 4.69) is 20.6 Å². The highest BCUT2D eigenvalue weighted by Gasteiger charge is 2.01. The van der Waals surface area contributed by atoms with Gasteiger partial charge >= 0.3 is 0 Å². The quantitative estimate of drug-likeness (QED) is 0.433. The van der Waals surface area contributed by atoms with Crippen molar-refractivity contribution in [3.8, 4) is 5.88 Å². The largest absolute Gasteiger partial charge is 0.475 e. The lowest BCUT2D eigenvalue weighted by Gasteiger charge is -2.12. The maximum Gasteiger partial charge on any atom is 0.213 e. The van der Waals surface area contributed by atoms with E-state index in [1.807, 2.05) is 32.9 Å². The molecule has 0 aliphatic rings. The highest BCUT2D eigenvalue weighted by atomic mass is 16.5. The van der Waals surface area contributed by atoms with E-state index in [0.717, 1.165) is 24.7 Å². The van der Waals surface area contributed by atoms with Crippen LogP contribution in [0.15, 0.2) is 23.3 Å². The van der Waals surface area contributed by atoms with Crippen molar-refractivity contribution < 1.29 is 9.47 Å². The number of nitrogens with one attached hydrogen (secondary N) is 2. The van der Waals surface area contributed by atoms with Gasteiger partial charge in [-0.3, -0.25) is 4.99 Å². The molecule has 6 heteroatoms. The number of ether oxygens (including phenoxy) is 2. The van der Waals surface area contributed by atoms with Crippen molar-refractivity contribution in [2.75, 3.05) is 26.8 Å². The van der Waals surface area contributed by atoms with Crippen LogP contribution in [-0.2, 0) is 11.3 Å². The minimum atomic E-state index is 0.134. The first kappa shape index (κ1) is 17.2. The molecule has 21 heavy (non-hydrogen) atoms. The number of guanidine groups is 1. The zero-order valence-corrected chi connectivity index (χ0v) is 13.3. The smallest absolute Gasteiger partial charge is 0.213 e. The molecule has 0 atom stereocenters. The van der Waals surface area contributed by atoms with Gasteiger partial charge in [-0.2, -0.15) is 0 Å². The first-order valence-corrected chi connectivity index (χ1v) is 7.29. The van der Waals surface area contributed by atoms with E-state index >= 15 is 0 Å². The minimum Gasteiger partial charge on any atom is -0.475 e. The van der Waals surface area contributed by atoms with E-state index < -0.39 is 0 Å². The topological polar surface area (TPSA) is 67.8 Å². The highest BCUT2D eigenvalue weighted by molar-refractivity contribution is 5.79. The zero-order chi connectivity index (χ0) is 15.5. The molecule has 0 radical (unpaired) electrons. The summed E-state index contributed by atoms with van der Waals surface area (Å²) in [6.07, 6.45) is 1.94. The Morgan fingerprint density at radius 1 is 1.33 bits per heavy atom. The van der Waals surface area contributed by atoms with Gasteiger partial charge in [0.15, 0.2) is 5.96 Å². The van der Waals surface area contributed by atoms with Gasteiger partial charge in [-0.1, -0.05) is 6.07 Å². The lowest BCUT2D eigenvalue weighted by molar-refractivity contribution is 0.152. The third kappa shape index (κ3) is 7.51. The van der Waals surface area contributed by atoms with Crippen LogP contribution in [0.3, 0.4) is 0 Å². The fraction of sp³-hybridized carbons (Fsp3) is 0.600. The van der Waals surface area contributed by atoms with Gasteiger partial charge in [-0.25, -0.2) is 4.98 Å². The highest BCUT2D eigenvalue weighted by Crippen LogP contribution is 2.09. The summed E-state index contributed by atoms with van der Waals surface area (Å²) in [6.45, 7) is 8.72. The standard InChI is InChI=1S/C15H26N4O2/c1-5-20-9-8-17-15(16-4)19-11-13-6-7-14(18-10-13)21-12(2)3/h6-7,10,12H,5,8-9,11H2,1-4H3,(H2,16,17,19). The second kappa shape index (κ2) is 9.99. The van der Waals surface area contributed by atoms with Crippen LogP contribution in [0.2, 0.25) is 0 Å². The summed E-state index contributed by atoms with van der Waals surface area (Å²) in [4.78, 5) is 8.42. The van der Waals surface area contributed by atoms with Crippen molar-refractivity contribution in [2.24, 2.45) is 4.99 Å². The Morgan fingerprint density at radius 3 is 2.71 bits per heavy atom. The van der Waals surface area contributed by atoms with Crippen LogP contribution >= 0.6 is 0 Å². The van der Waals surface area contributed by atoms with E-state index in [1.165, 1.54) is 0 Å². The number of nitrogens with zero attached hydrogens (tertiary/aromatic N) is 2. The van der Waals surface area contributed by atoms with Crippen LogP contribution in [-0.4, -0.2) is 43.9 Å². The average molecular weight is 294 g/mol. The fourth-order valence-corrected chi connectivity index (χ4v) is 1.62. The SMILES string of the molecule is CCOCCNC(=NC)NCc1ccc(OC(C)C)nc1. The predicted octanol–water partition coefficient (Wildman–Crippen LogP) is 1.57. The van der Waals surface area contributed by atoms with Crippen LogP contribution < -0.4 is 15.4 Å². The molecule has 0 bridgehead atoms. The number of aromatic nitrogens is 1. The second-order valence-electron chi connectivity index (χ2n) is 4.72. The Hall–Kier alpha value is -1.82. The van der Waals surface area contributed by atoms with E-state index in [9.17, 15) is 0 Å². The Balaban J connectivity index is 2.35. The molecular weight excluding hydrogens is 268 g/mol. The summed E-state index contributed by atoms with van der Waals surface area (Å²) in [6, 6.07) is 3.87. The van der Waals surface area contributed by atoms with Gasteiger partial charge in [0.1, 0.15) is 0 Å². The molecule has 1 rings (SSSR count). The molecule has 0 aromatic carbocycles. The first-order valence-electron chi connectivity index (χ1n) is 7.29. The molecule has 0 saturated heterocycles. The van der Waals surface area contributed by atoms with Gasteiger partial charge in [0.2, 0.25) is 5.88 Å². The maximum absolute atomic E-state index is 5.51. The molecule has 0 unspecified atom stereocenters. The third-order valence-corrected chi connectivity index (χ3v) is 2.58. The molecule has 0 aliphatic carbocycles. The average Bonchev–Trinajstić information content (AvgIpc) is 2.47. The van der Waals surface area contributed by atoms with E-state index in [0.29, 0.717) is 19.0 Å². The number of pyridine rings is 1. The lowest BCUT2D eigenvalue weighted by atomic mass is 10.3. The summed E-state index contributed by atoms with van der Waals surface area (Å²) in [5, 5.41) is 6.41. The van der Waals surface area contributed by atoms with Gasteiger partial charge in [-0.15, -0.1) is 0 Å². The van der Waals surface area contributed by atoms with Crippen molar-refractivity contribution in [1.82, 2.24) is 15.6 Å². The van der Waals surface area contributed by atoms with Gasteiger partial charge in [0.05, 0.1) is 12.7 Å². The number of hydrogen-bond acceptors (Lipinski definition) is 4. The fourth-order valence-electron chi connectivity index (χ4n) is 1.62. The summed E-state index contributed by atoms with van der Waals surface area (Å²) >= 11 is 0. The summed E-state index contributed by atoms with van der Waals surface area (Å²) in [7, 11) is 1.74. The maximum atomic E-state index is 5.51. The van der Waals surface area contributed by atoms with Crippen molar-refractivity contribution in [2.45, 2.75) is 33.4 Å². The molecule has 6 nitrogen and oxygen atoms in total. The van der Waals surface area contributed by atoms with Gasteiger partial charge < -0.3 is 20.1 Å². The minimum absolute atomic E-state index is 0.134. The number of hydrogen-bond donors (Lipinski definition) is 2. The van der Waals surface area contributed by atoms with E-state index in [4.69, 9.17) is 9.47 Å². The molecular formula is C15H26N4O2. The Labute approximate surface area is 127 Å². The van der Waals surface area contributed by atoms with Crippen molar-refractivity contribution in [1.29, 1.82) is 0 Å². The van der Waals surface area contributed by atoms with Gasteiger partial charge in [-0.05, 0) is 26.3 Å². The Kier molecular flexibility index (Phi) is 8.19. The van der Waals surface area contributed by atoms with Crippen LogP contribution in [0.25, 0.3) is 0 Å². The molecule has 118 valence electrons. The predicted molar refractivity (Wildman–Crippen MR) is 84.7 cm³/mol. The van der Waals surface area contributed by atoms with Crippen molar-refractivity contribution >= 4 is 5.96 Å². The Morgan fingerprint density at radius 2 is 2.14 bits per heavy atom. The van der Waals surface area contributed by atoms with Crippen LogP contribution in [0.1, 0.15) is 26.3 Å². The van der Waals surface area contributed by atoms with Gasteiger partial charge in [0, 0.05) is 39.0 Å². The first-order chi connectivity index (χ1) is 10.2. The van der Waals surface area contributed by atoms with Crippen LogP contribution in [0.5, 0.6) is 5.88 Å². The second-order valence-corrected chi connectivity index (χ2v) is 4.72. The van der Waals surface area contributed by atoms with Crippen LogP contribution in [0, 0.1) is 0 Å². The molecule has 0 spiro atoms. The normalized spacial score (nSPS) is 11.6. The molecule has 1 aromatic heterocycles. The molecule has 0 aliphatic heterocycles. The lowest BCUT2D eigenvalue weighted by Crippen LogP contribution is -2.38. The van der Waals surface area contributed by atoms with E-state index in [1.54, 1.807) is 13.2 Å². The summed E-state index contributed by atoms with van der Waals surface area (Å²) < 4.78 is 10.8. The third-order valence-electron chi connectivity index (χ3n) is 2.58. The van der Waals surface area contributed by atoms with Crippen molar-refractivity contribution in [3.63, 3.8) is 0 Å². The molecule has 0 saturated carbocycles. The summed E-state index contributed by atoms with van der Waals surface area (Å²) in [5.41, 5.74) is 1.07. The molecule has 1 aromatic rings. The molecule has 1 heterocycles. The van der Waals surface area contributed by atoms with E-state index in [-0.39, 0.29) is 6.10 Å². The van der Waals surface area contributed by atoms with Crippen molar-refractivity contribution in [3.05, 3.63) is 23.9 Å². The monoisotopic (exact) mass is 294 g/mol. The van der Waals surface area contributed by atoms with Crippen LogP contribution in [0.4, 0.5) is 0 Å². The Bertz CT molecular complexity index is 418. The number of aliphatic imine (C=N–C) groups is 1. The molecule has 2 N–H and O–H groups in total. The summed E-state index contributed by atoms with van der Waals surface area (Å²) in [5.74, 6) is 1.39. The van der Waals surface area contributed by atoms with Gasteiger partial charge in [0.25, 0.3) is 0 Å². The number of rotatable bonds is 8. The zero-order valence-electron chi connectivity index (χ0n) is 13.3.